The molecule has 6 rings (SSSR count). The fourth-order valence-corrected chi connectivity index (χ4v) is 7.03. The van der Waals surface area contributed by atoms with Gasteiger partial charge in [-0.1, -0.05) is 36.4 Å². The molecule has 8 N–H and O–H groups in total. The van der Waals surface area contributed by atoms with Crippen molar-refractivity contribution in [3.05, 3.63) is 120 Å². The number of aromatic hydroxyl groups is 2. The minimum atomic E-state index is -4.78. The van der Waals surface area contributed by atoms with Crippen molar-refractivity contribution >= 4 is 82.4 Å². The zero-order valence-corrected chi connectivity index (χ0v) is 28.0. The molecule has 0 aliphatic carbocycles. The standard InChI is InChI=1S/C35H26N4O11S2/c40-25-15-19-5-3-11-27(31(19)29(17-25)51(45,46)47)38-33(42)21-7-1-9-23(13-21)36-35(44)37-24-10-2-8-22(14-24)34(43)39-28-12-4-6-20-16-26(41)18-30(32(20)28)52(48,49)50/h1-18,40-41H,(H,38,42)(H,39,43)(H2,36,37,44)(H,45,46,47)(H,48,49,50). The Kier molecular flexibility index (Phi) is 9.26. The summed E-state index contributed by atoms with van der Waals surface area (Å²) >= 11 is 0. The predicted molar refractivity (Wildman–Crippen MR) is 192 cm³/mol. The Balaban J connectivity index is 1.16. The molecule has 0 bridgehead atoms. The van der Waals surface area contributed by atoms with Gasteiger partial charge >= 0.3 is 6.03 Å². The molecule has 0 radical (unpaired) electrons. The van der Waals surface area contributed by atoms with E-state index in [9.17, 15) is 50.5 Å². The van der Waals surface area contributed by atoms with Crippen molar-refractivity contribution in [1.82, 2.24) is 0 Å². The molecule has 0 heterocycles. The first-order valence-corrected chi connectivity index (χ1v) is 17.8. The molecule has 6 aromatic carbocycles. The number of benzene rings is 6. The van der Waals surface area contributed by atoms with Crippen LogP contribution in [0.15, 0.2) is 119 Å². The zero-order chi connectivity index (χ0) is 37.4. The third kappa shape index (κ3) is 7.62. The molecule has 0 saturated heterocycles. The molecule has 17 heteroatoms. The van der Waals surface area contributed by atoms with Gasteiger partial charge in [0.1, 0.15) is 21.3 Å². The van der Waals surface area contributed by atoms with Crippen LogP contribution in [-0.4, -0.2) is 54.0 Å². The lowest BCUT2D eigenvalue weighted by Crippen LogP contribution is -2.20. The summed E-state index contributed by atoms with van der Waals surface area (Å²) in [5.74, 6) is -2.18. The number of phenolic OH excluding ortho intramolecular Hbond substituents is 2. The summed E-state index contributed by atoms with van der Waals surface area (Å²) in [6.07, 6.45) is 0. The largest absolute Gasteiger partial charge is 0.508 e. The van der Waals surface area contributed by atoms with Crippen molar-refractivity contribution < 1.29 is 50.5 Å². The highest BCUT2D eigenvalue weighted by molar-refractivity contribution is 7.86. The van der Waals surface area contributed by atoms with Crippen LogP contribution in [0.5, 0.6) is 11.5 Å². The third-order valence-electron chi connectivity index (χ3n) is 7.67. The molecule has 0 saturated carbocycles. The van der Waals surface area contributed by atoms with E-state index in [1.165, 1.54) is 97.1 Å². The number of nitrogens with one attached hydrogen (secondary N) is 4. The Labute approximate surface area is 295 Å². The number of phenols is 2. The number of anilines is 4. The number of hydrogen-bond donors (Lipinski definition) is 8. The highest BCUT2D eigenvalue weighted by atomic mass is 32.2. The van der Waals surface area contributed by atoms with E-state index in [1.54, 1.807) is 0 Å². The van der Waals surface area contributed by atoms with Crippen molar-refractivity contribution in [1.29, 1.82) is 0 Å². The van der Waals surface area contributed by atoms with E-state index in [2.05, 4.69) is 21.3 Å². The number of carbonyl (C=O) groups excluding carboxylic acids is 3. The van der Waals surface area contributed by atoms with Gasteiger partial charge in [0, 0.05) is 45.4 Å². The van der Waals surface area contributed by atoms with Gasteiger partial charge in [0.2, 0.25) is 0 Å². The molecule has 52 heavy (non-hydrogen) atoms. The minimum Gasteiger partial charge on any atom is -0.508 e. The molecule has 0 unspecified atom stereocenters. The average Bonchev–Trinajstić information content (AvgIpc) is 3.07. The molecule has 0 aromatic heterocycles. The van der Waals surface area contributed by atoms with Crippen LogP contribution in [0.2, 0.25) is 0 Å². The Bertz CT molecular complexity index is 2500. The molecular formula is C35H26N4O11S2. The first-order chi connectivity index (χ1) is 24.6. The van der Waals surface area contributed by atoms with E-state index in [4.69, 9.17) is 0 Å². The van der Waals surface area contributed by atoms with Crippen LogP contribution in [-0.2, 0) is 20.2 Å². The molecule has 15 nitrogen and oxygen atoms in total. The van der Waals surface area contributed by atoms with Crippen LogP contribution >= 0.6 is 0 Å². The predicted octanol–water partition coefficient (Wildman–Crippen LogP) is 6.05. The van der Waals surface area contributed by atoms with E-state index in [-0.39, 0.29) is 55.4 Å². The Morgan fingerprint density at radius 1 is 0.481 bits per heavy atom. The number of rotatable bonds is 8. The highest BCUT2D eigenvalue weighted by Gasteiger charge is 2.21. The van der Waals surface area contributed by atoms with Gasteiger partial charge in [-0.05, 0) is 71.4 Å². The summed E-state index contributed by atoms with van der Waals surface area (Å²) in [5, 5.41) is 30.6. The molecular weight excluding hydrogens is 717 g/mol. The zero-order valence-electron chi connectivity index (χ0n) is 26.4. The third-order valence-corrected chi connectivity index (χ3v) is 9.42. The van der Waals surface area contributed by atoms with Gasteiger partial charge in [0.25, 0.3) is 32.1 Å². The second-order valence-corrected chi connectivity index (χ2v) is 14.1. The van der Waals surface area contributed by atoms with Crippen LogP contribution < -0.4 is 21.3 Å². The Hall–Kier alpha value is -6.53. The fraction of sp³-hybridized carbons (Fsp3) is 0. The van der Waals surface area contributed by atoms with Gasteiger partial charge in [-0.2, -0.15) is 16.8 Å². The normalized spacial score (nSPS) is 11.6. The highest BCUT2D eigenvalue weighted by Crippen LogP contribution is 2.35. The van der Waals surface area contributed by atoms with Gasteiger partial charge in [-0.15, -0.1) is 0 Å². The topological polar surface area (TPSA) is 249 Å². The Morgan fingerprint density at radius 2 is 0.865 bits per heavy atom. The first kappa shape index (κ1) is 35.3. The van der Waals surface area contributed by atoms with Gasteiger partial charge < -0.3 is 31.5 Å². The fourth-order valence-electron chi connectivity index (χ4n) is 5.52. The number of urea groups is 1. The van der Waals surface area contributed by atoms with Crippen molar-refractivity contribution in [2.75, 3.05) is 21.3 Å². The molecule has 0 spiro atoms. The van der Waals surface area contributed by atoms with Crippen LogP contribution in [0.25, 0.3) is 21.5 Å². The lowest BCUT2D eigenvalue weighted by molar-refractivity contribution is 0.101. The molecule has 6 aromatic rings. The maximum Gasteiger partial charge on any atom is 0.323 e. The lowest BCUT2D eigenvalue weighted by atomic mass is 10.1. The minimum absolute atomic E-state index is 0.0269. The lowest BCUT2D eigenvalue weighted by Gasteiger charge is -2.13. The second-order valence-electron chi connectivity index (χ2n) is 11.3. The molecule has 0 aliphatic heterocycles. The van der Waals surface area contributed by atoms with Gasteiger partial charge in [0.05, 0.1) is 11.4 Å². The monoisotopic (exact) mass is 742 g/mol. The molecule has 264 valence electrons. The van der Waals surface area contributed by atoms with E-state index in [0.717, 1.165) is 12.1 Å². The van der Waals surface area contributed by atoms with E-state index in [1.807, 2.05) is 0 Å². The summed E-state index contributed by atoms with van der Waals surface area (Å²) in [7, 11) is -9.57. The maximum absolute atomic E-state index is 13.2. The van der Waals surface area contributed by atoms with E-state index >= 15 is 0 Å². The summed E-state index contributed by atoms with van der Waals surface area (Å²) in [6.45, 7) is 0. The summed E-state index contributed by atoms with van der Waals surface area (Å²) in [4.78, 5) is 38.1. The average molecular weight is 743 g/mol. The number of carbonyl (C=O) groups is 3. The number of hydrogen-bond acceptors (Lipinski definition) is 9. The SMILES string of the molecule is O=C(Nc1cccc(C(=O)Nc2cccc3cc(O)cc(S(=O)(=O)O)c23)c1)Nc1cccc(C(=O)Nc2cccc3cc(O)cc(S(=O)(=O)O)c23)c1. The maximum atomic E-state index is 13.2. The smallest absolute Gasteiger partial charge is 0.323 e. The van der Waals surface area contributed by atoms with Crippen molar-refractivity contribution in [2.45, 2.75) is 9.79 Å². The van der Waals surface area contributed by atoms with Crippen molar-refractivity contribution in [3.63, 3.8) is 0 Å². The Morgan fingerprint density at radius 3 is 1.25 bits per heavy atom. The quantitative estimate of drug-likeness (QED) is 0.0834. The first-order valence-electron chi connectivity index (χ1n) is 14.9. The van der Waals surface area contributed by atoms with Gasteiger partial charge in [-0.3, -0.25) is 18.7 Å². The molecule has 0 fully saturated rings. The molecule has 0 atom stereocenters. The number of fused-ring (bicyclic) bond motifs is 2. The van der Waals surface area contributed by atoms with Gasteiger partial charge in [-0.25, -0.2) is 4.79 Å². The van der Waals surface area contributed by atoms with Gasteiger partial charge in [0.15, 0.2) is 0 Å². The van der Waals surface area contributed by atoms with Crippen LogP contribution in [0.1, 0.15) is 20.7 Å². The number of amides is 4. The molecule has 4 amide bonds. The van der Waals surface area contributed by atoms with E-state index in [0.29, 0.717) is 0 Å². The summed E-state index contributed by atoms with van der Waals surface area (Å²) < 4.78 is 67.6. The van der Waals surface area contributed by atoms with E-state index < -0.39 is 59.4 Å². The van der Waals surface area contributed by atoms with Crippen molar-refractivity contribution in [3.8, 4) is 11.5 Å². The summed E-state index contributed by atoms with van der Waals surface area (Å²) in [5.41, 5.74) is 0.597. The van der Waals surface area contributed by atoms with Crippen molar-refractivity contribution in [2.24, 2.45) is 0 Å². The van der Waals surface area contributed by atoms with Crippen LogP contribution in [0, 0.1) is 0 Å². The van der Waals surface area contributed by atoms with Crippen LogP contribution in [0.4, 0.5) is 27.5 Å². The second kappa shape index (κ2) is 13.6. The molecule has 0 aliphatic rings. The van der Waals surface area contributed by atoms with Crippen LogP contribution in [0.3, 0.4) is 0 Å². The summed E-state index contributed by atoms with van der Waals surface area (Å²) in [6, 6.07) is 23.9.